The molecule has 2 aliphatic rings. The van der Waals surface area contributed by atoms with Crippen LogP contribution in [0.1, 0.15) is 61.5 Å². The Morgan fingerprint density at radius 3 is 1.88 bits per heavy atom. The van der Waals surface area contributed by atoms with Crippen molar-refractivity contribution in [3.63, 3.8) is 0 Å². The summed E-state index contributed by atoms with van der Waals surface area (Å²) < 4.78 is 0. The molecule has 0 N–H and O–H groups in total. The lowest BCUT2D eigenvalue weighted by atomic mass is 9.79. The third kappa shape index (κ3) is 2.00. The van der Waals surface area contributed by atoms with Gasteiger partial charge in [-0.25, -0.2) is 0 Å². The van der Waals surface area contributed by atoms with E-state index in [4.69, 9.17) is 11.6 Å². The molecule has 2 unspecified atom stereocenters. The zero-order valence-corrected chi connectivity index (χ0v) is 10.4. The summed E-state index contributed by atoms with van der Waals surface area (Å²) in [6, 6.07) is 9.38. The van der Waals surface area contributed by atoms with Crippen molar-refractivity contribution in [2.24, 2.45) is 0 Å². The Bertz CT molecular complexity index is 350. The molecule has 0 radical (unpaired) electrons. The average Bonchev–Trinajstić information content (AvgIpc) is 2.63. The number of hydrogen-bond acceptors (Lipinski definition) is 0. The van der Waals surface area contributed by atoms with Crippen LogP contribution in [0.4, 0.5) is 0 Å². The zero-order valence-electron chi connectivity index (χ0n) is 9.66. The first-order valence-electron chi connectivity index (χ1n) is 6.57. The van der Waals surface area contributed by atoms with Crippen LogP contribution in [0.3, 0.4) is 0 Å². The highest BCUT2D eigenvalue weighted by molar-refractivity contribution is 6.20. The molecule has 16 heavy (non-hydrogen) atoms. The van der Waals surface area contributed by atoms with Crippen LogP contribution in [0.5, 0.6) is 0 Å². The fourth-order valence-electron chi connectivity index (χ4n) is 3.01. The van der Waals surface area contributed by atoms with Crippen molar-refractivity contribution >= 4 is 11.6 Å². The van der Waals surface area contributed by atoms with Gasteiger partial charge in [0, 0.05) is 5.38 Å². The van der Waals surface area contributed by atoms with E-state index >= 15 is 0 Å². The number of alkyl halides is 1. The zero-order chi connectivity index (χ0) is 11.0. The van der Waals surface area contributed by atoms with Crippen LogP contribution in [0, 0.1) is 0 Å². The van der Waals surface area contributed by atoms with Crippen molar-refractivity contribution in [2.45, 2.75) is 55.7 Å². The van der Waals surface area contributed by atoms with Gasteiger partial charge in [0.05, 0.1) is 0 Å². The molecular weight excluding hydrogens is 216 g/mol. The Labute approximate surface area is 103 Å². The fourth-order valence-corrected chi connectivity index (χ4v) is 3.35. The Balaban J connectivity index is 1.71. The van der Waals surface area contributed by atoms with Gasteiger partial charge in [0.25, 0.3) is 0 Å². The molecule has 0 aromatic heterocycles. The van der Waals surface area contributed by atoms with Crippen LogP contribution in [-0.2, 0) is 0 Å². The largest absolute Gasteiger partial charge is 0.123 e. The minimum absolute atomic E-state index is 0.413. The van der Waals surface area contributed by atoms with Gasteiger partial charge in [-0.15, -0.1) is 11.6 Å². The van der Waals surface area contributed by atoms with Gasteiger partial charge in [-0.2, -0.15) is 0 Å². The number of benzene rings is 1. The highest BCUT2D eigenvalue weighted by Crippen LogP contribution is 2.39. The second kappa shape index (κ2) is 4.41. The lowest BCUT2D eigenvalue weighted by molar-refractivity contribution is 0.419. The van der Waals surface area contributed by atoms with Crippen LogP contribution in [0.25, 0.3) is 0 Å². The van der Waals surface area contributed by atoms with E-state index in [1.165, 1.54) is 44.1 Å². The van der Waals surface area contributed by atoms with Crippen molar-refractivity contribution in [2.75, 3.05) is 0 Å². The quantitative estimate of drug-likeness (QED) is 0.643. The van der Waals surface area contributed by atoms with Crippen molar-refractivity contribution < 1.29 is 0 Å². The summed E-state index contributed by atoms with van der Waals surface area (Å²) in [7, 11) is 0. The Kier molecular flexibility index (Phi) is 2.93. The van der Waals surface area contributed by atoms with E-state index in [1.54, 1.807) is 5.56 Å². The summed E-state index contributed by atoms with van der Waals surface area (Å²) in [5, 5.41) is 0.413. The van der Waals surface area contributed by atoms with Crippen molar-refractivity contribution in [3.05, 3.63) is 35.4 Å². The molecule has 0 bridgehead atoms. The maximum absolute atomic E-state index is 6.17. The van der Waals surface area contributed by atoms with Crippen LogP contribution in [-0.4, -0.2) is 5.38 Å². The maximum atomic E-state index is 6.17. The van der Waals surface area contributed by atoms with Gasteiger partial charge < -0.3 is 0 Å². The van der Waals surface area contributed by atoms with E-state index < -0.39 is 0 Å². The Morgan fingerprint density at radius 2 is 1.44 bits per heavy atom. The monoisotopic (exact) mass is 234 g/mol. The summed E-state index contributed by atoms with van der Waals surface area (Å²) in [6.07, 6.45) is 7.85. The molecule has 3 rings (SSSR count). The molecule has 0 saturated heterocycles. The van der Waals surface area contributed by atoms with Crippen LogP contribution >= 0.6 is 11.6 Å². The summed E-state index contributed by atoms with van der Waals surface area (Å²) in [5.41, 5.74) is 3.06. The first kappa shape index (κ1) is 10.7. The number of hydrogen-bond donors (Lipinski definition) is 0. The van der Waals surface area contributed by atoms with E-state index in [-0.39, 0.29) is 0 Å². The molecule has 0 nitrogen and oxygen atoms in total. The SMILES string of the molecule is ClC1CCC(c2ccc(C3CCC3)cc2)C1. The minimum atomic E-state index is 0.413. The molecule has 2 aliphatic carbocycles. The molecule has 2 atom stereocenters. The van der Waals surface area contributed by atoms with Gasteiger partial charge in [-0.05, 0) is 55.1 Å². The predicted octanol–water partition coefficient (Wildman–Crippen LogP) is 4.83. The molecular formula is C15H19Cl. The second-order valence-electron chi connectivity index (χ2n) is 5.40. The molecule has 1 aromatic carbocycles. The summed E-state index contributed by atoms with van der Waals surface area (Å²) >= 11 is 6.17. The van der Waals surface area contributed by atoms with Gasteiger partial charge in [0.1, 0.15) is 0 Å². The van der Waals surface area contributed by atoms with Crippen LogP contribution in [0.15, 0.2) is 24.3 Å². The third-order valence-electron chi connectivity index (χ3n) is 4.35. The van der Waals surface area contributed by atoms with Crippen LogP contribution < -0.4 is 0 Å². The van der Waals surface area contributed by atoms with Gasteiger partial charge >= 0.3 is 0 Å². The summed E-state index contributed by atoms with van der Waals surface area (Å²) in [4.78, 5) is 0. The van der Waals surface area contributed by atoms with E-state index in [2.05, 4.69) is 24.3 Å². The second-order valence-corrected chi connectivity index (χ2v) is 6.02. The van der Waals surface area contributed by atoms with E-state index in [1.807, 2.05) is 0 Å². The van der Waals surface area contributed by atoms with Gasteiger partial charge in [-0.3, -0.25) is 0 Å². The average molecular weight is 235 g/mol. The lowest BCUT2D eigenvalue weighted by Gasteiger charge is -2.26. The first-order chi connectivity index (χ1) is 7.83. The van der Waals surface area contributed by atoms with Crippen molar-refractivity contribution in [3.8, 4) is 0 Å². The Hall–Kier alpha value is -0.490. The molecule has 0 aliphatic heterocycles. The standard InChI is InChI=1S/C15H19Cl/c16-15-9-8-14(10-15)13-6-4-12(5-7-13)11-2-1-3-11/h4-7,11,14-15H,1-3,8-10H2. The number of halogens is 1. The molecule has 2 saturated carbocycles. The molecule has 86 valence electrons. The molecule has 0 amide bonds. The smallest absolute Gasteiger partial charge is 0.0342 e. The highest BCUT2D eigenvalue weighted by atomic mass is 35.5. The topological polar surface area (TPSA) is 0 Å². The molecule has 0 heterocycles. The maximum Gasteiger partial charge on any atom is 0.0342 e. The van der Waals surface area contributed by atoms with E-state index in [9.17, 15) is 0 Å². The number of rotatable bonds is 2. The molecule has 2 fully saturated rings. The highest BCUT2D eigenvalue weighted by Gasteiger charge is 2.25. The first-order valence-corrected chi connectivity index (χ1v) is 7.00. The molecule has 1 heteroatoms. The minimum Gasteiger partial charge on any atom is -0.123 e. The third-order valence-corrected chi connectivity index (χ3v) is 4.75. The van der Waals surface area contributed by atoms with Gasteiger partial charge in [-0.1, -0.05) is 30.7 Å². The van der Waals surface area contributed by atoms with Gasteiger partial charge in [0.15, 0.2) is 0 Å². The summed E-state index contributed by atoms with van der Waals surface area (Å²) in [6.45, 7) is 0. The predicted molar refractivity (Wildman–Crippen MR) is 69.3 cm³/mol. The van der Waals surface area contributed by atoms with E-state index in [0.717, 1.165) is 11.8 Å². The summed E-state index contributed by atoms with van der Waals surface area (Å²) in [5.74, 6) is 1.58. The lowest BCUT2D eigenvalue weighted by Crippen LogP contribution is -2.08. The van der Waals surface area contributed by atoms with E-state index in [0.29, 0.717) is 5.38 Å². The molecule has 0 spiro atoms. The normalized spacial score (nSPS) is 30.3. The van der Waals surface area contributed by atoms with Crippen LogP contribution in [0.2, 0.25) is 0 Å². The van der Waals surface area contributed by atoms with Gasteiger partial charge in [0.2, 0.25) is 0 Å². The molecule has 1 aromatic rings. The van der Waals surface area contributed by atoms with Crippen molar-refractivity contribution in [1.29, 1.82) is 0 Å². The van der Waals surface area contributed by atoms with Crippen molar-refractivity contribution in [1.82, 2.24) is 0 Å². The fraction of sp³-hybridized carbons (Fsp3) is 0.600. The Morgan fingerprint density at radius 1 is 0.812 bits per heavy atom.